The molecule has 0 radical (unpaired) electrons. The second-order valence-corrected chi connectivity index (χ2v) is 16.9. The Bertz CT molecular complexity index is 4000. The van der Waals surface area contributed by atoms with Crippen molar-refractivity contribution in [1.82, 2.24) is 14.1 Å². The molecule has 74 heavy (non-hydrogen) atoms. The normalized spacial score (nSPS) is 10.7. The van der Waals surface area contributed by atoms with Crippen molar-refractivity contribution in [3.63, 3.8) is 0 Å². The highest BCUT2D eigenvalue weighted by atomic mass is 19.4. The molecule has 0 fully saturated rings. The number of rotatable bonds is 7. The number of aromatic amines is 1. The highest BCUT2D eigenvalue weighted by molar-refractivity contribution is 6.08. The predicted octanol–water partition coefficient (Wildman–Crippen LogP) is 10.0. The lowest BCUT2D eigenvalue weighted by Crippen LogP contribution is -2.17. The van der Waals surface area contributed by atoms with Crippen molar-refractivity contribution >= 4 is 50.4 Å². The minimum Gasteiger partial charge on any atom is -0.406 e. The van der Waals surface area contributed by atoms with Gasteiger partial charge in [-0.25, -0.2) is 0 Å². The number of hydrogen-bond acceptors (Lipinski definition) is 9. The van der Waals surface area contributed by atoms with Crippen LogP contribution in [0.25, 0.3) is 66.1 Å². The fraction of sp³-hybridized carbons (Fsp3) is 0.107. The molecular weight excluding hydrogens is 948 g/mol. The minimum absolute atomic E-state index is 0.304. The average Bonchev–Trinajstić information content (AvgIpc) is 3.96. The van der Waals surface area contributed by atoms with Crippen LogP contribution in [0.1, 0.15) is 76.0 Å². The standard InChI is InChI=1S/C19H14F3N3O2.C19H14N4O.C18H12N4O/c1-10-14-7-11(9-23)8-15(17(14)25(2)16(10)18(24)26)12-3-5-13(6-4-12)27-19(20,21)22;1-11-15-7-13(10-21)8-16(14-5-3-12(9-20)4-6-14)18(15)23(2)17(11)19(22)24;1-10-14-6-12(9-20)7-15(17(14)22-16(10)18(21)23)13-4-2-11(8-19)3-5-13/h3-8H,1-2H3,(H2,24,26);3-8H,1-2H3,(H2,22,24);2-7,22H,1H3,(H2,21,23). The topological polar surface area (TPSA) is 283 Å². The van der Waals surface area contributed by atoms with Gasteiger partial charge in [-0.3, -0.25) is 14.4 Å². The van der Waals surface area contributed by atoms with Crippen molar-refractivity contribution in [3.05, 3.63) is 171 Å². The molecule has 0 aliphatic carbocycles. The average molecular weight is 988 g/mol. The molecule has 3 amide bonds. The third-order valence-electron chi connectivity index (χ3n) is 12.4. The molecule has 3 aromatic heterocycles. The molecule has 0 aliphatic heterocycles. The Balaban J connectivity index is 0.000000163. The first-order valence-electron chi connectivity index (χ1n) is 22.0. The van der Waals surface area contributed by atoms with E-state index in [4.69, 9.17) is 27.7 Å². The monoisotopic (exact) mass is 987 g/mol. The van der Waals surface area contributed by atoms with Crippen molar-refractivity contribution in [3.8, 4) is 69.5 Å². The van der Waals surface area contributed by atoms with E-state index in [1.807, 2.05) is 31.2 Å². The zero-order valence-electron chi connectivity index (χ0n) is 40.0. The maximum Gasteiger partial charge on any atom is 0.573 e. The van der Waals surface area contributed by atoms with Gasteiger partial charge in [-0.15, -0.1) is 13.2 Å². The van der Waals surface area contributed by atoms with E-state index in [2.05, 4.69) is 40.1 Å². The predicted molar refractivity (Wildman–Crippen MR) is 270 cm³/mol. The van der Waals surface area contributed by atoms with Gasteiger partial charge in [0.25, 0.3) is 17.7 Å². The van der Waals surface area contributed by atoms with Crippen LogP contribution in [0.4, 0.5) is 13.2 Å². The van der Waals surface area contributed by atoms with Crippen LogP contribution in [-0.4, -0.2) is 38.2 Å². The summed E-state index contributed by atoms with van der Waals surface area (Å²) in [5.41, 5.74) is 28.8. The zero-order chi connectivity index (χ0) is 53.9. The lowest BCUT2D eigenvalue weighted by Gasteiger charge is -2.11. The van der Waals surface area contributed by atoms with Crippen LogP contribution in [0.2, 0.25) is 0 Å². The number of alkyl halides is 3. The first-order valence-corrected chi connectivity index (χ1v) is 22.0. The molecule has 0 spiro atoms. The number of nitrogens with two attached hydrogens (primary N) is 3. The van der Waals surface area contributed by atoms with Crippen molar-refractivity contribution in [2.75, 3.05) is 0 Å². The van der Waals surface area contributed by atoms with Crippen LogP contribution in [0.15, 0.2) is 109 Å². The Morgan fingerprint density at radius 2 is 0.851 bits per heavy atom. The molecule has 0 saturated heterocycles. The van der Waals surface area contributed by atoms with Gasteiger partial charge in [0.05, 0.1) is 74.7 Å². The van der Waals surface area contributed by atoms with Crippen molar-refractivity contribution in [2.24, 2.45) is 31.3 Å². The SMILES string of the molecule is Cc1c(C(N)=O)[nH]c2c(-c3ccc(C#N)cc3)cc(C#N)cc12.Cc1c(C(N)=O)n(C)c2c(-c3ccc(C#N)cc3)cc(C#N)cc12.Cc1c(C(N)=O)n(C)c2c(-c3ccc(OC(F)(F)F)cc3)cc(C#N)cc12. The molecule has 15 nitrogen and oxygen atoms in total. The number of aryl methyl sites for hydroxylation is 5. The van der Waals surface area contributed by atoms with Gasteiger partial charge in [0, 0.05) is 46.9 Å². The molecule has 6 aromatic carbocycles. The zero-order valence-corrected chi connectivity index (χ0v) is 40.0. The van der Waals surface area contributed by atoms with E-state index < -0.39 is 24.1 Å². The summed E-state index contributed by atoms with van der Waals surface area (Å²) in [6.07, 6.45) is -4.78. The van der Waals surface area contributed by atoms with E-state index in [-0.39, 0.29) is 5.75 Å². The van der Waals surface area contributed by atoms with Gasteiger partial charge in [0.1, 0.15) is 22.8 Å². The molecule has 0 aliphatic rings. The van der Waals surface area contributed by atoms with Crippen LogP contribution in [-0.2, 0) is 14.1 Å². The van der Waals surface area contributed by atoms with E-state index in [1.54, 1.807) is 97.7 Å². The number of ether oxygens (including phenoxy) is 1. The lowest BCUT2D eigenvalue weighted by atomic mass is 9.98. The van der Waals surface area contributed by atoms with E-state index in [9.17, 15) is 43.3 Å². The summed E-state index contributed by atoms with van der Waals surface area (Å²) >= 11 is 0. The summed E-state index contributed by atoms with van der Waals surface area (Å²) in [6.45, 7) is 5.35. The Kier molecular flexibility index (Phi) is 14.1. The number of nitrogens with zero attached hydrogens (tertiary/aromatic N) is 7. The van der Waals surface area contributed by atoms with Gasteiger partial charge in [0.2, 0.25) is 0 Å². The fourth-order valence-electron chi connectivity index (χ4n) is 9.06. The van der Waals surface area contributed by atoms with E-state index in [1.165, 1.54) is 24.3 Å². The molecule has 18 heteroatoms. The number of primary amides is 3. The molecule has 7 N–H and O–H groups in total. The van der Waals surface area contributed by atoms with Gasteiger partial charge in [-0.1, -0.05) is 36.4 Å². The molecular formula is C56H40F3N11O4. The van der Waals surface area contributed by atoms with Crippen molar-refractivity contribution in [2.45, 2.75) is 27.1 Å². The number of hydrogen-bond donors (Lipinski definition) is 4. The highest BCUT2D eigenvalue weighted by Crippen LogP contribution is 2.38. The summed E-state index contributed by atoms with van der Waals surface area (Å²) in [5.74, 6) is -2.00. The smallest absolute Gasteiger partial charge is 0.406 e. The van der Waals surface area contributed by atoms with Gasteiger partial charge < -0.3 is 36.1 Å². The molecule has 3 heterocycles. The highest BCUT2D eigenvalue weighted by Gasteiger charge is 2.31. The second-order valence-electron chi connectivity index (χ2n) is 16.9. The number of nitrogens with one attached hydrogen (secondary N) is 1. The Hall–Kier alpha value is -10.6. The number of benzene rings is 6. The minimum atomic E-state index is -4.78. The van der Waals surface area contributed by atoms with Gasteiger partial charge >= 0.3 is 6.36 Å². The maximum atomic E-state index is 12.3. The third kappa shape index (κ3) is 9.90. The van der Waals surface area contributed by atoms with Crippen LogP contribution >= 0.6 is 0 Å². The summed E-state index contributed by atoms with van der Waals surface area (Å²) in [6, 6.07) is 40.3. The van der Waals surface area contributed by atoms with Crippen LogP contribution < -0.4 is 21.9 Å². The molecule has 0 atom stereocenters. The number of fused-ring (bicyclic) bond motifs is 3. The largest absolute Gasteiger partial charge is 0.573 e. The third-order valence-corrected chi connectivity index (χ3v) is 12.4. The summed E-state index contributed by atoms with van der Waals surface area (Å²) in [4.78, 5) is 38.2. The van der Waals surface area contributed by atoms with Gasteiger partial charge in [-0.05, 0) is 127 Å². The molecule has 364 valence electrons. The van der Waals surface area contributed by atoms with Crippen molar-refractivity contribution < 1.29 is 32.3 Å². The van der Waals surface area contributed by atoms with Gasteiger partial charge in [-0.2, -0.15) is 26.3 Å². The summed E-state index contributed by atoms with van der Waals surface area (Å²) < 4.78 is 44.3. The van der Waals surface area contributed by atoms with Gasteiger partial charge in [0.15, 0.2) is 0 Å². The first-order chi connectivity index (χ1) is 35.1. The quantitative estimate of drug-likeness (QED) is 0.118. The summed E-state index contributed by atoms with van der Waals surface area (Å²) in [7, 11) is 3.46. The van der Waals surface area contributed by atoms with Crippen molar-refractivity contribution in [1.29, 1.82) is 26.3 Å². The molecule has 0 saturated carbocycles. The van der Waals surface area contributed by atoms with E-state index in [0.717, 1.165) is 55.2 Å². The molecule has 0 bridgehead atoms. The van der Waals surface area contributed by atoms with Crippen LogP contribution in [0.3, 0.4) is 0 Å². The molecule has 9 aromatic rings. The number of nitriles is 5. The maximum absolute atomic E-state index is 12.3. The first kappa shape index (κ1) is 51.2. The number of carbonyl (C=O) groups excluding carboxylic acids is 3. The molecule has 9 rings (SSSR count). The number of H-pyrrole nitrogens is 1. The Morgan fingerprint density at radius 1 is 0.500 bits per heavy atom. The van der Waals surface area contributed by atoms with Crippen LogP contribution in [0.5, 0.6) is 5.75 Å². The fourth-order valence-corrected chi connectivity index (χ4v) is 9.06. The summed E-state index contributed by atoms with van der Waals surface area (Å²) in [5, 5.41) is 48.1. The second kappa shape index (κ2) is 20.4. The van der Waals surface area contributed by atoms with E-state index in [0.29, 0.717) is 72.5 Å². The molecule has 0 unspecified atom stereocenters. The number of amides is 3. The Morgan fingerprint density at radius 3 is 1.20 bits per heavy atom. The Labute approximate surface area is 420 Å². The van der Waals surface area contributed by atoms with E-state index >= 15 is 0 Å². The lowest BCUT2D eigenvalue weighted by molar-refractivity contribution is -0.274. The number of halogens is 3. The number of aromatic nitrogens is 3. The number of carbonyl (C=O) groups is 3. The van der Waals surface area contributed by atoms with Crippen LogP contribution in [0, 0.1) is 77.4 Å².